The Balaban J connectivity index is 2.31. The molecule has 4 nitrogen and oxygen atoms in total. The molecule has 1 aliphatic rings. The highest BCUT2D eigenvalue weighted by Gasteiger charge is 2.20. The van der Waals surface area contributed by atoms with Crippen LogP contribution in [0.2, 0.25) is 0 Å². The quantitative estimate of drug-likeness (QED) is 0.802. The summed E-state index contributed by atoms with van der Waals surface area (Å²) in [6.07, 6.45) is 0.663. The van der Waals surface area contributed by atoms with Crippen LogP contribution in [-0.2, 0) is 0 Å². The second kappa shape index (κ2) is 5.18. The van der Waals surface area contributed by atoms with Crippen molar-refractivity contribution in [3.63, 3.8) is 0 Å². The van der Waals surface area contributed by atoms with E-state index < -0.39 is 0 Å². The minimum absolute atomic E-state index is 0.0987. The van der Waals surface area contributed by atoms with Crippen molar-refractivity contribution in [2.45, 2.75) is 12.5 Å². The molecule has 0 aliphatic carbocycles. The first-order valence-corrected chi connectivity index (χ1v) is 5.53. The molecular weight excluding hydrogens is 206 g/mol. The van der Waals surface area contributed by atoms with E-state index in [0.29, 0.717) is 19.6 Å². The summed E-state index contributed by atoms with van der Waals surface area (Å²) in [5.41, 5.74) is 1.05. The molecule has 0 amide bonds. The maximum Gasteiger partial charge on any atom is 0.166 e. The predicted octanol–water partition coefficient (Wildman–Crippen LogP) is 1.10. The Morgan fingerprint density at radius 3 is 2.94 bits per heavy atom. The molecular formula is C12H17NO3. The monoisotopic (exact) mass is 223 g/mol. The smallest absolute Gasteiger partial charge is 0.166 e. The van der Waals surface area contributed by atoms with Gasteiger partial charge in [-0.25, -0.2) is 0 Å². The van der Waals surface area contributed by atoms with Crippen LogP contribution in [0.5, 0.6) is 11.5 Å². The van der Waals surface area contributed by atoms with E-state index in [4.69, 9.17) is 14.6 Å². The number of benzene rings is 1. The minimum atomic E-state index is 0.0987. The Bertz CT molecular complexity index is 354. The Hall–Kier alpha value is -1.26. The Labute approximate surface area is 95.2 Å². The average Bonchev–Trinajstić information content (AvgIpc) is 2.35. The first-order chi connectivity index (χ1) is 7.86. The summed E-state index contributed by atoms with van der Waals surface area (Å²) in [6.45, 7) is 1.33. The van der Waals surface area contributed by atoms with Gasteiger partial charge in [0.25, 0.3) is 0 Å². The fraction of sp³-hybridized carbons (Fsp3) is 0.500. The number of rotatable bonds is 4. The van der Waals surface area contributed by atoms with Crippen LogP contribution in [-0.4, -0.2) is 32.0 Å². The van der Waals surface area contributed by atoms with Crippen LogP contribution in [0.25, 0.3) is 0 Å². The Morgan fingerprint density at radius 1 is 1.38 bits per heavy atom. The van der Waals surface area contributed by atoms with Gasteiger partial charge in [-0.3, -0.25) is 0 Å². The van der Waals surface area contributed by atoms with Gasteiger partial charge in [0, 0.05) is 18.2 Å². The first-order valence-electron chi connectivity index (χ1n) is 5.53. The van der Waals surface area contributed by atoms with Crippen LogP contribution >= 0.6 is 0 Å². The number of aliphatic hydroxyl groups is 1. The highest BCUT2D eigenvalue weighted by Crippen LogP contribution is 2.37. The van der Waals surface area contributed by atoms with Crippen molar-refractivity contribution in [2.75, 3.05) is 26.9 Å². The number of fused-ring (bicyclic) bond motifs is 1. The number of hydrogen-bond acceptors (Lipinski definition) is 4. The Kier molecular flexibility index (Phi) is 3.64. The molecule has 0 aromatic heterocycles. The van der Waals surface area contributed by atoms with Gasteiger partial charge < -0.3 is 19.9 Å². The van der Waals surface area contributed by atoms with E-state index in [2.05, 4.69) is 5.32 Å². The third kappa shape index (κ3) is 2.13. The number of para-hydroxylation sites is 1. The second-order valence-electron chi connectivity index (χ2n) is 3.72. The lowest BCUT2D eigenvalue weighted by atomic mass is 10.0. The van der Waals surface area contributed by atoms with Gasteiger partial charge in [0.2, 0.25) is 0 Å². The normalized spacial score (nSPS) is 15.9. The van der Waals surface area contributed by atoms with Gasteiger partial charge in [-0.05, 0) is 19.5 Å². The van der Waals surface area contributed by atoms with Gasteiger partial charge in [0.1, 0.15) is 13.2 Å². The number of hydrogen-bond donors (Lipinski definition) is 2. The molecule has 0 saturated heterocycles. The van der Waals surface area contributed by atoms with Crippen LogP contribution in [0.15, 0.2) is 18.2 Å². The lowest BCUT2D eigenvalue weighted by molar-refractivity contribution is 0.167. The summed E-state index contributed by atoms with van der Waals surface area (Å²) >= 11 is 0. The summed E-state index contributed by atoms with van der Waals surface area (Å²) in [7, 11) is 1.88. The lowest BCUT2D eigenvalue weighted by Crippen LogP contribution is -2.22. The molecule has 1 atom stereocenters. The zero-order chi connectivity index (χ0) is 11.4. The van der Waals surface area contributed by atoms with Gasteiger partial charge in [-0.1, -0.05) is 12.1 Å². The van der Waals surface area contributed by atoms with E-state index in [0.717, 1.165) is 17.1 Å². The van der Waals surface area contributed by atoms with E-state index in [1.807, 2.05) is 25.2 Å². The van der Waals surface area contributed by atoms with Crippen molar-refractivity contribution >= 4 is 0 Å². The predicted molar refractivity (Wildman–Crippen MR) is 60.9 cm³/mol. The molecule has 2 N–H and O–H groups in total. The molecule has 0 saturated carbocycles. The third-order valence-corrected chi connectivity index (χ3v) is 2.74. The van der Waals surface area contributed by atoms with E-state index in [1.165, 1.54) is 0 Å². The van der Waals surface area contributed by atoms with Crippen molar-refractivity contribution in [1.82, 2.24) is 5.32 Å². The molecule has 88 valence electrons. The van der Waals surface area contributed by atoms with Crippen molar-refractivity contribution < 1.29 is 14.6 Å². The molecule has 2 rings (SSSR count). The van der Waals surface area contributed by atoms with Gasteiger partial charge in [-0.15, -0.1) is 0 Å². The molecule has 1 aromatic rings. The number of nitrogens with one attached hydrogen (secondary N) is 1. The fourth-order valence-corrected chi connectivity index (χ4v) is 1.96. The zero-order valence-electron chi connectivity index (χ0n) is 9.40. The lowest BCUT2D eigenvalue weighted by Gasteiger charge is -2.24. The van der Waals surface area contributed by atoms with Gasteiger partial charge in [0.05, 0.1) is 0 Å². The highest BCUT2D eigenvalue weighted by atomic mass is 16.6. The maximum atomic E-state index is 9.02. The maximum absolute atomic E-state index is 9.02. The van der Waals surface area contributed by atoms with E-state index in [1.54, 1.807) is 0 Å². The molecule has 0 bridgehead atoms. The summed E-state index contributed by atoms with van der Waals surface area (Å²) in [4.78, 5) is 0. The molecule has 1 aromatic carbocycles. The molecule has 0 unspecified atom stereocenters. The van der Waals surface area contributed by atoms with Crippen LogP contribution in [0, 0.1) is 0 Å². The zero-order valence-corrected chi connectivity index (χ0v) is 9.40. The minimum Gasteiger partial charge on any atom is -0.486 e. The summed E-state index contributed by atoms with van der Waals surface area (Å²) in [6, 6.07) is 5.96. The molecule has 0 radical (unpaired) electrons. The van der Waals surface area contributed by atoms with Gasteiger partial charge in [-0.2, -0.15) is 0 Å². The van der Waals surface area contributed by atoms with Crippen molar-refractivity contribution in [2.24, 2.45) is 0 Å². The molecule has 4 heteroatoms. The molecule has 0 fully saturated rings. The largest absolute Gasteiger partial charge is 0.486 e. The highest BCUT2D eigenvalue weighted by molar-refractivity contribution is 5.48. The fourth-order valence-electron chi connectivity index (χ4n) is 1.96. The standard InChI is InChI=1S/C12H17NO3/c1-13-10(5-6-14)9-3-2-4-11-12(9)16-8-7-15-11/h2-4,10,13-14H,5-8H2,1H3/t10-/m1/s1. The van der Waals surface area contributed by atoms with Gasteiger partial charge >= 0.3 is 0 Å². The van der Waals surface area contributed by atoms with Crippen molar-refractivity contribution in [1.29, 1.82) is 0 Å². The third-order valence-electron chi connectivity index (χ3n) is 2.74. The Morgan fingerprint density at radius 2 is 2.19 bits per heavy atom. The van der Waals surface area contributed by atoms with E-state index >= 15 is 0 Å². The number of ether oxygens (including phenoxy) is 2. The summed E-state index contributed by atoms with van der Waals surface area (Å²) in [5, 5.41) is 12.2. The first kappa shape index (κ1) is 11.2. The average molecular weight is 223 g/mol. The van der Waals surface area contributed by atoms with E-state index in [9.17, 15) is 0 Å². The SMILES string of the molecule is CN[C@H](CCO)c1cccc2c1OCCO2. The molecule has 0 spiro atoms. The van der Waals surface area contributed by atoms with Crippen LogP contribution < -0.4 is 14.8 Å². The van der Waals surface area contributed by atoms with Crippen LogP contribution in [0.1, 0.15) is 18.0 Å². The van der Waals surface area contributed by atoms with E-state index in [-0.39, 0.29) is 12.6 Å². The van der Waals surface area contributed by atoms with Crippen molar-refractivity contribution in [3.05, 3.63) is 23.8 Å². The molecule has 1 aliphatic heterocycles. The van der Waals surface area contributed by atoms with Crippen LogP contribution in [0.3, 0.4) is 0 Å². The second-order valence-corrected chi connectivity index (χ2v) is 3.72. The van der Waals surface area contributed by atoms with Crippen molar-refractivity contribution in [3.8, 4) is 11.5 Å². The summed E-state index contributed by atoms with van der Waals surface area (Å²) < 4.78 is 11.2. The molecule has 1 heterocycles. The van der Waals surface area contributed by atoms with Crippen LogP contribution in [0.4, 0.5) is 0 Å². The topological polar surface area (TPSA) is 50.7 Å². The molecule has 16 heavy (non-hydrogen) atoms. The number of aliphatic hydroxyl groups excluding tert-OH is 1. The van der Waals surface area contributed by atoms with Gasteiger partial charge in [0.15, 0.2) is 11.5 Å². The summed E-state index contributed by atoms with van der Waals surface area (Å²) in [5.74, 6) is 1.60.